The van der Waals surface area contributed by atoms with Gasteiger partial charge in [0, 0.05) is 12.8 Å². The second-order valence-electron chi connectivity index (χ2n) is 7.91. The zero-order chi connectivity index (χ0) is 20.6. The summed E-state index contributed by atoms with van der Waals surface area (Å²) < 4.78 is 5.31. The van der Waals surface area contributed by atoms with Crippen molar-refractivity contribution in [3.63, 3.8) is 0 Å². The minimum atomic E-state index is -1.01. The van der Waals surface area contributed by atoms with Crippen molar-refractivity contribution >= 4 is 11.9 Å². The van der Waals surface area contributed by atoms with Gasteiger partial charge in [-0.2, -0.15) is 0 Å². The first-order valence-electron chi connectivity index (χ1n) is 9.50. The van der Waals surface area contributed by atoms with Crippen molar-refractivity contribution in [2.45, 2.75) is 57.8 Å². The molecular formula is C23H29NO4. The van der Waals surface area contributed by atoms with Gasteiger partial charge >= 0.3 is 6.09 Å². The first kappa shape index (κ1) is 21.6. The fraction of sp³-hybridized carbons (Fsp3) is 0.391. The number of rotatable bonds is 8. The smallest absolute Gasteiger partial charge is 0.407 e. The maximum absolute atomic E-state index is 12.4. The molecule has 5 heteroatoms. The van der Waals surface area contributed by atoms with Gasteiger partial charge in [-0.15, -0.1) is 0 Å². The number of carbonyl (C=O) groups is 2. The van der Waals surface area contributed by atoms with Crippen molar-refractivity contribution in [1.29, 1.82) is 0 Å². The quantitative estimate of drug-likeness (QED) is 0.729. The highest BCUT2D eigenvalue weighted by atomic mass is 16.6. The number of hydrogen-bond donors (Lipinski definition) is 2. The Hall–Kier alpha value is -2.66. The third kappa shape index (κ3) is 7.92. The molecule has 2 aromatic rings. The Labute approximate surface area is 166 Å². The molecule has 28 heavy (non-hydrogen) atoms. The van der Waals surface area contributed by atoms with Gasteiger partial charge in [-0.25, -0.2) is 4.79 Å². The Kier molecular flexibility index (Phi) is 7.76. The van der Waals surface area contributed by atoms with Gasteiger partial charge in [-0.05, 0) is 38.3 Å². The number of aliphatic hydroxyl groups is 1. The van der Waals surface area contributed by atoms with E-state index in [1.54, 1.807) is 20.8 Å². The molecule has 0 fully saturated rings. The first-order chi connectivity index (χ1) is 13.2. The fourth-order valence-corrected chi connectivity index (χ4v) is 2.88. The highest BCUT2D eigenvalue weighted by molar-refractivity contribution is 5.81. The summed E-state index contributed by atoms with van der Waals surface area (Å²) in [6.07, 6.45) is -1.00. The summed E-state index contributed by atoms with van der Waals surface area (Å²) in [7, 11) is 0. The molecule has 2 aromatic carbocycles. The normalized spacial score (nSPS) is 13.4. The van der Waals surface area contributed by atoms with E-state index in [1.165, 1.54) is 0 Å². The Balaban J connectivity index is 2.03. The van der Waals surface area contributed by atoms with E-state index in [0.717, 1.165) is 11.1 Å². The number of benzene rings is 2. The van der Waals surface area contributed by atoms with E-state index in [0.29, 0.717) is 6.42 Å². The lowest BCUT2D eigenvalue weighted by molar-refractivity contribution is -0.120. The molecule has 0 aliphatic heterocycles. The molecule has 0 radical (unpaired) electrons. The molecule has 150 valence electrons. The number of ether oxygens (including phenoxy) is 1. The molecule has 0 saturated carbocycles. The molecule has 5 nitrogen and oxygen atoms in total. The summed E-state index contributed by atoms with van der Waals surface area (Å²) in [6, 6.07) is 18.3. The minimum absolute atomic E-state index is 0.0395. The highest BCUT2D eigenvalue weighted by Gasteiger charge is 2.26. The van der Waals surface area contributed by atoms with Crippen LogP contribution in [0.1, 0.15) is 38.3 Å². The highest BCUT2D eigenvalue weighted by Crippen LogP contribution is 2.13. The van der Waals surface area contributed by atoms with Crippen LogP contribution in [0.2, 0.25) is 0 Å². The van der Waals surface area contributed by atoms with Crippen molar-refractivity contribution in [2.24, 2.45) is 0 Å². The average Bonchev–Trinajstić information content (AvgIpc) is 2.61. The molecule has 2 N–H and O–H groups in total. The second kappa shape index (κ2) is 10.0. The standard InChI is InChI=1S/C23H29NO4/c1-23(2,3)28-22(27)24-20(15-18-12-8-5-9-13-18)21(26)16-19(25)14-17-10-6-4-7-11-17/h4-13,20-21,26H,14-16H2,1-3H3,(H,24,27)/t20-,21-/m0/s1. The lowest BCUT2D eigenvalue weighted by Crippen LogP contribution is -2.47. The first-order valence-corrected chi connectivity index (χ1v) is 9.50. The SMILES string of the molecule is CC(C)(C)OC(=O)N[C@@H](Cc1ccccc1)[C@@H](O)CC(=O)Cc1ccccc1. The predicted octanol–water partition coefficient (Wildman–Crippen LogP) is 3.69. The molecule has 0 aliphatic rings. The third-order valence-electron chi connectivity index (χ3n) is 4.15. The second-order valence-corrected chi connectivity index (χ2v) is 7.91. The van der Waals surface area contributed by atoms with Crippen LogP contribution in [0.15, 0.2) is 60.7 Å². The molecule has 0 heterocycles. The van der Waals surface area contributed by atoms with Crippen LogP contribution in [0.25, 0.3) is 0 Å². The van der Waals surface area contributed by atoms with Gasteiger partial charge in [0.15, 0.2) is 0 Å². The summed E-state index contributed by atoms with van der Waals surface area (Å²) in [4.78, 5) is 24.6. The van der Waals surface area contributed by atoms with Crippen molar-refractivity contribution in [1.82, 2.24) is 5.32 Å². The van der Waals surface area contributed by atoms with Crippen LogP contribution in [0.3, 0.4) is 0 Å². The van der Waals surface area contributed by atoms with Crippen LogP contribution in [-0.4, -0.2) is 34.7 Å². The maximum Gasteiger partial charge on any atom is 0.407 e. The third-order valence-corrected chi connectivity index (χ3v) is 4.15. The number of nitrogens with one attached hydrogen (secondary N) is 1. The molecule has 1 amide bonds. The van der Waals surface area contributed by atoms with Gasteiger partial charge in [0.05, 0.1) is 12.1 Å². The maximum atomic E-state index is 12.4. The van der Waals surface area contributed by atoms with Gasteiger partial charge in [0.2, 0.25) is 0 Å². The summed E-state index contributed by atoms with van der Waals surface area (Å²) >= 11 is 0. The van der Waals surface area contributed by atoms with Gasteiger partial charge < -0.3 is 15.2 Å². The Morgan fingerprint density at radius 3 is 2.04 bits per heavy atom. The number of hydrogen-bond acceptors (Lipinski definition) is 4. The summed E-state index contributed by atoms with van der Waals surface area (Å²) in [6.45, 7) is 5.33. The summed E-state index contributed by atoms with van der Waals surface area (Å²) in [5, 5.41) is 13.4. The van der Waals surface area contributed by atoms with E-state index in [-0.39, 0.29) is 18.6 Å². The lowest BCUT2D eigenvalue weighted by atomic mass is 9.96. The molecule has 0 aromatic heterocycles. The predicted molar refractivity (Wildman–Crippen MR) is 109 cm³/mol. The summed E-state index contributed by atoms with van der Waals surface area (Å²) in [5.41, 5.74) is 1.22. The van der Waals surface area contributed by atoms with Gasteiger partial charge in [0.25, 0.3) is 0 Å². The molecule has 0 bridgehead atoms. The molecule has 0 spiro atoms. The monoisotopic (exact) mass is 383 g/mol. The topological polar surface area (TPSA) is 75.6 Å². The lowest BCUT2D eigenvalue weighted by Gasteiger charge is -2.26. The van der Waals surface area contributed by atoms with E-state index in [9.17, 15) is 14.7 Å². The van der Waals surface area contributed by atoms with E-state index in [4.69, 9.17) is 4.74 Å². The van der Waals surface area contributed by atoms with Crippen LogP contribution in [0.4, 0.5) is 4.79 Å². The molecule has 2 rings (SSSR count). The van der Waals surface area contributed by atoms with Crippen molar-refractivity contribution in [3.8, 4) is 0 Å². The molecule has 2 atom stereocenters. The Morgan fingerprint density at radius 2 is 1.50 bits per heavy atom. The zero-order valence-corrected chi connectivity index (χ0v) is 16.7. The number of alkyl carbamates (subject to hydrolysis) is 1. The summed E-state index contributed by atoms with van der Waals surface area (Å²) in [5.74, 6) is -0.0808. The fourth-order valence-electron chi connectivity index (χ4n) is 2.88. The van der Waals surface area contributed by atoms with E-state index >= 15 is 0 Å². The van der Waals surface area contributed by atoms with Gasteiger partial charge in [-0.3, -0.25) is 4.79 Å². The van der Waals surface area contributed by atoms with Crippen LogP contribution in [-0.2, 0) is 22.4 Å². The van der Waals surface area contributed by atoms with Gasteiger partial charge in [0.1, 0.15) is 11.4 Å². The van der Waals surface area contributed by atoms with Gasteiger partial charge in [-0.1, -0.05) is 60.7 Å². The van der Waals surface area contributed by atoms with E-state index in [2.05, 4.69) is 5.32 Å². The molecule has 0 aliphatic carbocycles. The zero-order valence-electron chi connectivity index (χ0n) is 16.7. The molecular weight excluding hydrogens is 354 g/mol. The van der Waals surface area contributed by atoms with Crippen LogP contribution in [0, 0.1) is 0 Å². The van der Waals surface area contributed by atoms with Crippen molar-refractivity contribution in [2.75, 3.05) is 0 Å². The number of Topliss-reactive ketones (excluding diaryl/α,β-unsaturated/α-hetero) is 1. The van der Waals surface area contributed by atoms with Crippen LogP contribution in [0.5, 0.6) is 0 Å². The number of amides is 1. The Bertz CT molecular complexity index is 753. The van der Waals surface area contributed by atoms with Crippen molar-refractivity contribution < 1.29 is 19.4 Å². The Morgan fingerprint density at radius 1 is 0.964 bits per heavy atom. The van der Waals surface area contributed by atoms with Crippen molar-refractivity contribution in [3.05, 3.63) is 71.8 Å². The van der Waals surface area contributed by atoms with E-state index < -0.39 is 23.8 Å². The van der Waals surface area contributed by atoms with E-state index in [1.807, 2.05) is 60.7 Å². The number of ketones is 1. The minimum Gasteiger partial charge on any atom is -0.444 e. The average molecular weight is 383 g/mol. The van der Waals surface area contributed by atoms with Crippen LogP contribution < -0.4 is 5.32 Å². The number of carbonyl (C=O) groups excluding carboxylic acids is 2. The van der Waals surface area contributed by atoms with Crippen LogP contribution >= 0.6 is 0 Å². The molecule has 0 saturated heterocycles. The number of aliphatic hydroxyl groups excluding tert-OH is 1. The molecule has 0 unspecified atom stereocenters. The largest absolute Gasteiger partial charge is 0.444 e.